The maximum absolute atomic E-state index is 12.5. The fourth-order valence-corrected chi connectivity index (χ4v) is 4.19. The highest BCUT2D eigenvalue weighted by atomic mass is 32.2. The van der Waals surface area contributed by atoms with Crippen molar-refractivity contribution in [3.8, 4) is 11.5 Å². The molecule has 29 heavy (non-hydrogen) atoms. The molecular formula is C23H23NO3S2. The number of rotatable bonds is 8. The molecule has 1 aliphatic rings. The zero-order chi connectivity index (χ0) is 20.8. The number of thioether (sulfide) groups is 1. The highest BCUT2D eigenvalue weighted by molar-refractivity contribution is 8.26. The Morgan fingerprint density at radius 3 is 2.55 bits per heavy atom. The van der Waals surface area contributed by atoms with Gasteiger partial charge in [-0.1, -0.05) is 66.0 Å². The van der Waals surface area contributed by atoms with Crippen LogP contribution in [0.4, 0.5) is 0 Å². The number of ether oxygens (including phenoxy) is 2. The Morgan fingerprint density at radius 1 is 1.10 bits per heavy atom. The van der Waals surface area contributed by atoms with Crippen LogP contribution >= 0.6 is 24.0 Å². The Labute approximate surface area is 181 Å². The first-order valence-electron chi connectivity index (χ1n) is 9.27. The van der Waals surface area contributed by atoms with Gasteiger partial charge in [-0.25, -0.2) is 0 Å². The first kappa shape index (κ1) is 21.1. The van der Waals surface area contributed by atoms with Crippen molar-refractivity contribution in [3.05, 3.63) is 76.7 Å². The van der Waals surface area contributed by atoms with Gasteiger partial charge in [0.2, 0.25) is 0 Å². The number of amides is 1. The predicted octanol–water partition coefficient (Wildman–Crippen LogP) is 5.15. The van der Waals surface area contributed by atoms with Gasteiger partial charge in [0.25, 0.3) is 5.91 Å². The van der Waals surface area contributed by atoms with Crippen molar-refractivity contribution >= 4 is 40.3 Å². The predicted molar refractivity (Wildman–Crippen MR) is 123 cm³/mol. The van der Waals surface area contributed by atoms with E-state index in [9.17, 15) is 4.79 Å². The van der Waals surface area contributed by atoms with E-state index in [4.69, 9.17) is 21.7 Å². The third-order valence-corrected chi connectivity index (χ3v) is 5.70. The Balaban J connectivity index is 1.64. The lowest BCUT2D eigenvalue weighted by atomic mass is 10.1. The van der Waals surface area contributed by atoms with Gasteiger partial charge in [0.05, 0.1) is 4.91 Å². The second-order valence-corrected chi connectivity index (χ2v) is 8.26. The molecular weight excluding hydrogens is 402 g/mol. The normalized spacial score (nSPS) is 15.1. The van der Waals surface area contributed by atoms with E-state index in [0.29, 0.717) is 34.7 Å². The van der Waals surface area contributed by atoms with Gasteiger partial charge in [-0.05, 0) is 37.6 Å². The summed E-state index contributed by atoms with van der Waals surface area (Å²) in [4.78, 5) is 14.7. The van der Waals surface area contributed by atoms with Gasteiger partial charge in [-0.15, -0.1) is 6.58 Å². The number of nitrogens with zero attached hydrogens (tertiary/aromatic N) is 1. The van der Waals surface area contributed by atoms with Crippen molar-refractivity contribution in [2.45, 2.75) is 13.8 Å². The van der Waals surface area contributed by atoms with Crippen LogP contribution in [0.5, 0.6) is 11.5 Å². The molecule has 0 radical (unpaired) electrons. The van der Waals surface area contributed by atoms with Crippen LogP contribution in [0.25, 0.3) is 6.08 Å². The average Bonchev–Trinajstić information content (AvgIpc) is 2.95. The first-order valence-corrected chi connectivity index (χ1v) is 10.5. The molecule has 150 valence electrons. The fraction of sp³-hybridized carbons (Fsp3) is 0.217. The van der Waals surface area contributed by atoms with Gasteiger partial charge in [0.1, 0.15) is 29.0 Å². The second-order valence-electron chi connectivity index (χ2n) is 6.58. The molecule has 0 aromatic heterocycles. The average molecular weight is 426 g/mol. The van der Waals surface area contributed by atoms with Crippen molar-refractivity contribution in [3.63, 3.8) is 0 Å². The zero-order valence-corrected chi connectivity index (χ0v) is 18.1. The highest BCUT2D eigenvalue weighted by Gasteiger charge is 2.31. The van der Waals surface area contributed by atoms with E-state index in [2.05, 4.69) is 19.6 Å². The van der Waals surface area contributed by atoms with E-state index in [0.717, 1.165) is 16.9 Å². The Morgan fingerprint density at radius 2 is 1.83 bits per heavy atom. The number of hydrogen-bond donors (Lipinski definition) is 0. The molecule has 1 aliphatic heterocycles. The molecule has 0 N–H and O–H groups in total. The molecule has 1 saturated heterocycles. The van der Waals surface area contributed by atoms with Crippen LogP contribution in [0.15, 0.2) is 60.0 Å². The minimum atomic E-state index is -0.104. The van der Waals surface area contributed by atoms with E-state index in [1.807, 2.05) is 49.4 Å². The molecule has 0 unspecified atom stereocenters. The molecule has 0 spiro atoms. The number of para-hydroxylation sites is 1. The fourth-order valence-electron chi connectivity index (χ4n) is 2.92. The van der Waals surface area contributed by atoms with Gasteiger partial charge < -0.3 is 9.47 Å². The van der Waals surface area contributed by atoms with Gasteiger partial charge in [0, 0.05) is 12.1 Å². The lowest BCUT2D eigenvalue weighted by Crippen LogP contribution is -2.27. The third kappa shape index (κ3) is 5.28. The summed E-state index contributed by atoms with van der Waals surface area (Å²) in [5, 5.41) is 0. The zero-order valence-electron chi connectivity index (χ0n) is 16.5. The summed E-state index contributed by atoms with van der Waals surface area (Å²) in [5.41, 5.74) is 3.14. The lowest BCUT2D eigenvalue weighted by molar-refractivity contribution is -0.121. The molecule has 3 rings (SSSR count). The molecule has 1 fully saturated rings. The maximum atomic E-state index is 12.5. The summed E-state index contributed by atoms with van der Waals surface area (Å²) >= 11 is 6.59. The molecule has 2 aromatic carbocycles. The summed E-state index contributed by atoms with van der Waals surface area (Å²) in [6.45, 7) is 9.00. The second kappa shape index (κ2) is 9.76. The van der Waals surface area contributed by atoms with Crippen LogP contribution in [0.3, 0.4) is 0 Å². The molecule has 0 bridgehead atoms. The van der Waals surface area contributed by atoms with Crippen molar-refractivity contribution < 1.29 is 14.3 Å². The van der Waals surface area contributed by atoms with Crippen LogP contribution in [-0.2, 0) is 4.79 Å². The molecule has 6 heteroatoms. The summed E-state index contributed by atoms with van der Waals surface area (Å²) in [7, 11) is 0. The van der Waals surface area contributed by atoms with Gasteiger partial charge in [-0.2, -0.15) is 0 Å². The Kier molecular flexibility index (Phi) is 7.12. The van der Waals surface area contributed by atoms with Crippen LogP contribution in [0.2, 0.25) is 0 Å². The molecule has 0 atom stereocenters. The van der Waals surface area contributed by atoms with Crippen LogP contribution in [0.1, 0.15) is 16.7 Å². The number of aryl methyl sites for hydroxylation is 2. The summed E-state index contributed by atoms with van der Waals surface area (Å²) in [5.74, 6) is 1.46. The summed E-state index contributed by atoms with van der Waals surface area (Å²) in [6.07, 6.45) is 3.49. The molecule has 1 amide bonds. The minimum Gasteiger partial charge on any atom is -0.490 e. The molecule has 1 heterocycles. The van der Waals surface area contributed by atoms with Crippen LogP contribution in [-0.4, -0.2) is 34.9 Å². The van der Waals surface area contributed by atoms with Crippen molar-refractivity contribution in [2.75, 3.05) is 19.8 Å². The van der Waals surface area contributed by atoms with E-state index in [1.54, 1.807) is 11.0 Å². The largest absolute Gasteiger partial charge is 0.490 e. The lowest BCUT2D eigenvalue weighted by Gasteiger charge is -2.12. The SMILES string of the molecule is C=CCN1C(=O)/C(=C\c2ccccc2OCCOc2ccc(C)cc2C)SC1=S. The smallest absolute Gasteiger partial charge is 0.266 e. The maximum Gasteiger partial charge on any atom is 0.266 e. The van der Waals surface area contributed by atoms with Crippen molar-refractivity contribution in [1.82, 2.24) is 4.90 Å². The number of benzene rings is 2. The van der Waals surface area contributed by atoms with E-state index >= 15 is 0 Å². The first-order chi connectivity index (χ1) is 14.0. The third-order valence-electron chi connectivity index (χ3n) is 4.32. The molecule has 0 aliphatic carbocycles. The van der Waals surface area contributed by atoms with E-state index < -0.39 is 0 Å². The van der Waals surface area contributed by atoms with E-state index in [-0.39, 0.29) is 5.91 Å². The molecule has 0 saturated carbocycles. The van der Waals surface area contributed by atoms with Gasteiger partial charge in [0.15, 0.2) is 0 Å². The van der Waals surface area contributed by atoms with Crippen molar-refractivity contribution in [2.24, 2.45) is 0 Å². The standard InChI is InChI=1S/C23H23NO3S2/c1-4-11-24-22(25)21(29-23(24)28)15-18-7-5-6-8-20(18)27-13-12-26-19-10-9-16(2)14-17(19)3/h4-10,14-15H,1,11-13H2,2-3H3/b21-15+. The molecule has 4 nitrogen and oxygen atoms in total. The molecule has 2 aromatic rings. The van der Waals surface area contributed by atoms with Crippen LogP contribution < -0.4 is 9.47 Å². The highest BCUT2D eigenvalue weighted by Crippen LogP contribution is 2.34. The topological polar surface area (TPSA) is 38.8 Å². The number of hydrogen-bond acceptors (Lipinski definition) is 5. The van der Waals surface area contributed by atoms with E-state index in [1.165, 1.54) is 17.3 Å². The summed E-state index contributed by atoms with van der Waals surface area (Å²) in [6, 6.07) is 13.7. The van der Waals surface area contributed by atoms with Gasteiger partial charge in [-0.3, -0.25) is 9.69 Å². The monoisotopic (exact) mass is 425 g/mol. The van der Waals surface area contributed by atoms with Gasteiger partial charge >= 0.3 is 0 Å². The number of carbonyl (C=O) groups is 1. The number of carbonyl (C=O) groups excluding carboxylic acids is 1. The number of thiocarbonyl (C=S) groups is 1. The summed E-state index contributed by atoms with van der Waals surface area (Å²) < 4.78 is 12.3. The van der Waals surface area contributed by atoms with Crippen molar-refractivity contribution in [1.29, 1.82) is 0 Å². The Bertz CT molecular complexity index is 968. The minimum absolute atomic E-state index is 0.104. The quantitative estimate of drug-likeness (QED) is 0.253. The van der Waals surface area contributed by atoms with Crippen LogP contribution in [0, 0.1) is 13.8 Å². The Hall–Kier alpha value is -2.57.